The Kier molecular flexibility index (Phi) is 2.40. The van der Waals surface area contributed by atoms with Gasteiger partial charge >= 0.3 is 0 Å². The van der Waals surface area contributed by atoms with Crippen molar-refractivity contribution in [3.8, 4) is 5.75 Å². The van der Waals surface area contributed by atoms with E-state index in [-0.39, 0.29) is 6.10 Å². The number of ether oxygens (including phenoxy) is 1. The number of methoxy groups -OCH3 is 1. The van der Waals surface area contributed by atoms with Crippen molar-refractivity contribution < 1.29 is 9.84 Å². The van der Waals surface area contributed by atoms with E-state index in [4.69, 9.17) is 4.74 Å². The van der Waals surface area contributed by atoms with Gasteiger partial charge in [-0.3, -0.25) is 0 Å². The van der Waals surface area contributed by atoms with Gasteiger partial charge in [-0.05, 0) is 48.3 Å². The number of hydrogen-bond acceptors (Lipinski definition) is 2. The van der Waals surface area contributed by atoms with Gasteiger partial charge in [-0.1, -0.05) is 18.6 Å². The Morgan fingerprint density at radius 3 is 2.75 bits per heavy atom. The summed E-state index contributed by atoms with van der Waals surface area (Å²) >= 11 is 0. The maximum Gasteiger partial charge on any atom is 0.119 e. The summed E-state index contributed by atoms with van der Waals surface area (Å²) in [5.41, 5.74) is 1.01. The molecule has 86 valence electrons. The van der Waals surface area contributed by atoms with Crippen molar-refractivity contribution in [2.75, 3.05) is 7.11 Å². The minimum absolute atomic E-state index is 0.287. The predicted octanol–water partition coefficient (Wildman–Crippen LogP) is 2.77. The van der Waals surface area contributed by atoms with Gasteiger partial charge in [0.1, 0.15) is 5.75 Å². The predicted molar refractivity (Wildman–Crippen MR) is 62.3 cm³/mol. The van der Waals surface area contributed by atoms with Crippen LogP contribution in [-0.2, 0) is 0 Å². The third kappa shape index (κ3) is 1.52. The van der Waals surface area contributed by atoms with E-state index in [9.17, 15) is 5.11 Å². The van der Waals surface area contributed by atoms with E-state index < -0.39 is 0 Å². The van der Waals surface area contributed by atoms with Crippen molar-refractivity contribution >= 4 is 0 Å². The van der Waals surface area contributed by atoms with E-state index in [2.05, 4.69) is 0 Å². The van der Waals surface area contributed by atoms with E-state index in [1.807, 2.05) is 24.3 Å². The van der Waals surface area contributed by atoms with Crippen LogP contribution in [0.2, 0.25) is 0 Å². The van der Waals surface area contributed by atoms with Gasteiger partial charge in [0.2, 0.25) is 0 Å². The molecule has 0 saturated heterocycles. The summed E-state index contributed by atoms with van der Waals surface area (Å²) in [6.07, 6.45) is 3.70. The second-order valence-corrected chi connectivity index (χ2v) is 5.06. The lowest BCUT2D eigenvalue weighted by atomic mass is 9.99. The molecule has 1 N–H and O–H groups in total. The maximum atomic E-state index is 10.3. The summed E-state index contributed by atoms with van der Waals surface area (Å²) in [6, 6.07) is 7.83. The highest BCUT2D eigenvalue weighted by Crippen LogP contribution is 2.62. The largest absolute Gasteiger partial charge is 0.497 e. The fraction of sp³-hybridized carbons (Fsp3) is 0.571. The maximum absolute atomic E-state index is 10.3. The smallest absolute Gasteiger partial charge is 0.119 e. The summed E-state index contributed by atoms with van der Waals surface area (Å²) in [5.74, 6) is 2.94. The van der Waals surface area contributed by atoms with Crippen molar-refractivity contribution in [2.45, 2.75) is 25.4 Å². The molecule has 3 rings (SSSR count). The van der Waals surface area contributed by atoms with E-state index in [0.717, 1.165) is 23.1 Å². The summed E-state index contributed by atoms with van der Waals surface area (Å²) in [6.45, 7) is 0. The second-order valence-electron chi connectivity index (χ2n) is 5.06. The highest BCUT2D eigenvalue weighted by molar-refractivity contribution is 5.31. The lowest BCUT2D eigenvalue weighted by molar-refractivity contribution is 0.137. The van der Waals surface area contributed by atoms with E-state index in [1.54, 1.807) is 7.11 Å². The highest BCUT2D eigenvalue weighted by atomic mass is 16.5. The Labute approximate surface area is 96.2 Å². The molecule has 2 heteroatoms. The first kappa shape index (κ1) is 10.2. The van der Waals surface area contributed by atoms with Crippen LogP contribution in [-0.4, -0.2) is 12.2 Å². The van der Waals surface area contributed by atoms with Gasteiger partial charge in [0.15, 0.2) is 0 Å². The molecule has 0 spiro atoms. The molecular formula is C14H18O2. The second kappa shape index (κ2) is 3.77. The van der Waals surface area contributed by atoms with Gasteiger partial charge in [0.05, 0.1) is 13.2 Å². The van der Waals surface area contributed by atoms with Crippen LogP contribution in [0.5, 0.6) is 5.75 Å². The Morgan fingerprint density at radius 2 is 2.06 bits per heavy atom. The molecule has 2 fully saturated rings. The zero-order valence-electron chi connectivity index (χ0n) is 9.60. The molecule has 0 aliphatic heterocycles. The Morgan fingerprint density at radius 1 is 1.31 bits per heavy atom. The van der Waals surface area contributed by atoms with Gasteiger partial charge in [-0.2, -0.15) is 0 Å². The SMILES string of the molecule is COc1cccc(C(O)C2C3CCCC32)c1. The Balaban J connectivity index is 1.76. The number of benzene rings is 1. The van der Waals surface area contributed by atoms with Crippen LogP contribution in [0.4, 0.5) is 0 Å². The van der Waals surface area contributed by atoms with Crippen LogP contribution in [0.25, 0.3) is 0 Å². The number of fused-ring (bicyclic) bond motifs is 1. The number of rotatable bonds is 3. The fourth-order valence-corrected chi connectivity index (χ4v) is 3.39. The molecule has 3 atom stereocenters. The molecule has 1 aromatic carbocycles. The average Bonchev–Trinajstić information content (AvgIpc) is 2.81. The van der Waals surface area contributed by atoms with Crippen molar-refractivity contribution in [3.05, 3.63) is 29.8 Å². The van der Waals surface area contributed by atoms with Gasteiger partial charge < -0.3 is 9.84 Å². The van der Waals surface area contributed by atoms with Crippen molar-refractivity contribution in [3.63, 3.8) is 0 Å². The molecule has 0 heterocycles. The molecule has 1 aromatic rings. The van der Waals surface area contributed by atoms with Crippen LogP contribution in [0.15, 0.2) is 24.3 Å². The monoisotopic (exact) mass is 218 g/mol. The first-order chi connectivity index (χ1) is 7.81. The van der Waals surface area contributed by atoms with E-state index in [1.165, 1.54) is 19.3 Å². The molecule has 2 aliphatic carbocycles. The number of hydrogen-bond donors (Lipinski definition) is 1. The lowest BCUT2D eigenvalue weighted by Crippen LogP contribution is -2.04. The van der Waals surface area contributed by atoms with E-state index >= 15 is 0 Å². The average molecular weight is 218 g/mol. The van der Waals surface area contributed by atoms with Crippen LogP contribution < -0.4 is 4.74 Å². The minimum Gasteiger partial charge on any atom is -0.497 e. The van der Waals surface area contributed by atoms with Crippen LogP contribution in [0, 0.1) is 17.8 Å². The lowest BCUT2D eigenvalue weighted by Gasteiger charge is -2.13. The molecule has 16 heavy (non-hydrogen) atoms. The topological polar surface area (TPSA) is 29.5 Å². The minimum atomic E-state index is -0.287. The Bertz CT molecular complexity index is 378. The summed E-state index contributed by atoms with van der Waals surface area (Å²) in [4.78, 5) is 0. The van der Waals surface area contributed by atoms with Crippen LogP contribution >= 0.6 is 0 Å². The fourth-order valence-electron chi connectivity index (χ4n) is 3.39. The number of aliphatic hydroxyl groups is 1. The van der Waals surface area contributed by atoms with Gasteiger partial charge in [-0.25, -0.2) is 0 Å². The summed E-state index contributed by atoms with van der Waals surface area (Å²) < 4.78 is 5.19. The summed E-state index contributed by atoms with van der Waals surface area (Å²) in [5, 5.41) is 10.3. The molecule has 3 unspecified atom stereocenters. The van der Waals surface area contributed by atoms with Crippen LogP contribution in [0.1, 0.15) is 30.9 Å². The first-order valence-electron chi connectivity index (χ1n) is 6.13. The standard InChI is InChI=1S/C14H18O2/c1-16-10-5-2-4-9(8-10)14(15)13-11-6-3-7-12(11)13/h2,4-5,8,11-15H,3,6-7H2,1H3. The van der Waals surface area contributed by atoms with Crippen molar-refractivity contribution in [1.29, 1.82) is 0 Å². The zero-order valence-corrected chi connectivity index (χ0v) is 9.60. The zero-order chi connectivity index (χ0) is 11.1. The van der Waals surface area contributed by atoms with Gasteiger partial charge in [0, 0.05) is 0 Å². The van der Waals surface area contributed by atoms with Gasteiger partial charge in [-0.15, -0.1) is 0 Å². The molecule has 0 bridgehead atoms. The third-order valence-electron chi connectivity index (χ3n) is 4.27. The third-order valence-corrected chi connectivity index (χ3v) is 4.27. The van der Waals surface area contributed by atoms with Crippen molar-refractivity contribution in [1.82, 2.24) is 0 Å². The molecule has 0 aromatic heterocycles. The van der Waals surface area contributed by atoms with Gasteiger partial charge in [0.25, 0.3) is 0 Å². The molecule has 2 saturated carbocycles. The van der Waals surface area contributed by atoms with E-state index in [0.29, 0.717) is 5.92 Å². The Hall–Kier alpha value is -1.02. The van der Waals surface area contributed by atoms with Crippen LogP contribution in [0.3, 0.4) is 0 Å². The molecule has 0 radical (unpaired) electrons. The molecule has 2 aliphatic rings. The highest BCUT2D eigenvalue weighted by Gasteiger charge is 2.55. The van der Waals surface area contributed by atoms with Crippen molar-refractivity contribution in [2.24, 2.45) is 17.8 Å². The first-order valence-corrected chi connectivity index (χ1v) is 6.13. The molecule has 2 nitrogen and oxygen atoms in total. The molecular weight excluding hydrogens is 200 g/mol. The summed E-state index contributed by atoms with van der Waals surface area (Å²) in [7, 11) is 1.66. The molecule has 0 amide bonds. The quantitative estimate of drug-likeness (QED) is 0.845. The normalized spacial score (nSPS) is 33.2. The number of aliphatic hydroxyl groups excluding tert-OH is 1.